The maximum atomic E-state index is 11.9. The molecule has 4 nitrogen and oxygen atoms in total. The van der Waals surface area contributed by atoms with Crippen LogP contribution in [0.25, 0.3) is 0 Å². The predicted octanol–water partition coefficient (Wildman–Crippen LogP) is 3.57. The summed E-state index contributed by atoms with van der Waals surface area (Å²) in [5.41, 5.74) is 0.923. The molecule has 1 N–H and O–H groups in total. The molecule has 0 spiro atoms. The first-order chi connectivity index (χ1) is 10.1. The molecule has 0 atom stereocenters. The van der Waals surface area contributed by atoms with Crippen molar-refractivity contribution in [3.63, 3.8) is 0 Å². The molecular formula is C15H12ClNO3S. The third-order valence-electron chi connectivity index (χ3n) is 2.67. The number of carbonyl (C=O) groups excluding carboxylic acids is 2. The van der Waals surface area contributed by atoms with E-state index in [0.29, 0.717) is 21.9 Å². The molecular weight excluding hydrogens is 310 g/mol. The van der Waals surface area contributed by atoms with Crippen molar-refractivity contribution in [3.8, 4) is 5.75 Å². The monoisotopic (exact) mass is 321 g/mol. The number of benzene rings is 2. The van der Waals surface area contributed by atoms with Gasteiger partial charge in [-0.05, 0) is 48.5 Å². The molecule has 0 aliphatic rings. The lowest BCUT2D eigenvalue weighted by molar-refractivity contribution is 0.0978. The summed E-state index contributed by atoms with van der Waals surface area (Å²) in [4.78, 5) is 23.8. The molecule has 0 bridgehead atoms. The Balaban J connectivity index is 1.93. The van der Waals surface area contributed by atoms with Gasteiger partial charge < -0.3 is 4.74 Å². The summed E-state index contributed by atoms with van der Waals surface area (Å²) in [6.45, 7) is 0. The van der Waals surface area contributed by atoms with Gasteiger partial charge in [-0.1, -0.05) is 11.6 Å². The Hall–Kier alpha value is -1.98. The Morgan fingerprint density at radius 3 is 2.14 bits per heavy atom. The van der Waals surface area contributed by atoms with Crippen LogP contribution in [0.4, 0.5) is 0 Å². The number of carbonyl (C=O) groups is 2. The molecule has 2 aromatic rings. The highest BCUT2D eigenvalue weighted by molar-refractivity contribution is 8.12. The number of hydrogen-bond donors (Lipinski definition) is 1. The number of methoxy groups -OCH3 is 1. The molecule has 6 heteroatoms. The Morgan fingerprint density at radius 2 is 1.57 bits per heavy atom. The summed E-state index contributed by atoms with van der Waals surface area (Å²) in [5.74, 6) is 0.320. The Bertz CT molecular complexity index is 641. The van der Waals surface area contributed by atoms with Crippen molar-refractivity contribution >= 4 is 34.6 Å². The highest BCUT2D eigenvalue weighted by Crippen LogP contribution is 2.16. The normalized spacial score (nSPS) is 10.0. The SMILES string of the molecule is COc1ccc(C(=O)SNC(=O)c2ccc(Cl)cc2)cc1. The van der Waals surface area contributed by atoms with Crippen LogP contribution in [0.3, 0.4) is 0 Å². The van der Waals surface area contributed by atoms with Crippen molar-refractivity contribution in [3.05, 3.63) is 64.7 Å². The van der Waals surface area contributed by atoms with E-state index in [-0.39, 0.29) is 11.0 Å². The zero-order valence-corrected chi connectivity index (χ0v) is 12.7. The second-order valence-corrected chi connectivity index (χ2v) is 5.27. The summed E-state index contributed by atoms with van der Waals surface area (Å²) in [6.07, 6.45) is 0. The molecule has 0 aliphatic carbocycles. The zero-order valence-electron chi connectivity index (χ0n) is 11.1. The third-order valence-corrected chi connectivity index (χ3v) is 3.63. The van der Waals surface area contributed by atoms with Crippen LogP contribution in [-0.2, 0) is 0 Å². The number of halogens is 1. The maximum absolute atomic E-state index is 11.9. The van der Waals surface area contributed by atoms with E-state index in [1.165, 1.54) is 0 Å². The number of amides is 1. The van der Waals surface area contributed by atoms with Gasteiger partial charge in [-0.2, -0.15) is 0 Å². The summed E-state index contributed by atoms with van der Waals surface area (Å²) >= 11 is 6.49. The Morgan fingerprint density at radius 1 is 1.00 bits per heavy atom. The first kappa shape index (κ1) is 15.4. The third kappa shape index (κ3) is 4.24. The lowest BCUT2D eigenvalue weighted by atomic mass is 10.2. The maximum Gasteiger partial charge on any atom is 0.261 e. The molecule has 0 saturated carbocycles. The molecule has 0 radical (unpaired) electrons. The van der Waals surface area contributed by atoms with Gasteiger partial charge in [0, 0.05) is 28.1 Å². The van der Waals surface area contributed by atoms with E-state index in [4.69, 9.17) is 16.3 Å². The first-order valence-electron chi connectivity index (χ1n) is 6.01. The van der Waals surface area contributed by atoms with Crippen LogP contribution in [-0.4, -0.2) is 18.1 Å². The highest BCUT2D eigenvalue weighted by atomic mass is 35.5. The van der Waals surface area contributed by atoms with Crippen molar-refractivity contribution in [1.82, 2.24) is 4.72 Å². The standard InChI is InChI=1S/C15H12ClNO3S/c1-20-13-8-4-11(5-9-13)15(19)21-17-14(18)10-2-6-12(16)7-3-10/h2-9H,1H3,(H,17,18). The number of hydrogen-bond acceptors (Lipinski definition) is 4. The zero-order chi connectivity index (χ0) is 15.2. The van der Waals surface area contributed by atoms with E-state index >= 15 is 0 Å². The van der Waals surface area contributed by atoms with Gasteiger partial charge in [-0.15, -0.1) is 0 Å². The van der Waals surface area contributed by atoms with Gasteiger partial charge in [0.25, 0.3) is 5.91 Å². The second kappa shape index (κ2) is 7.15. The molecule has 21 heavy (non-hydrogen) atoms. The van der Waals surface area contributed by atoms with Crippen molar-refractivity contribution < 1.29 is 14.3 Å². The van der Waals surface area contributed by atoms with Crippen LogP contribution in [0.2, 0.25) is 5.02 Å². The van der Waals surface area contributed by atoms with Crippen LogP contribution >= 0.6 is 23.5 Å². The van der Waals surface area contributed by atoms with Crippen LogP contribution in [0.5, 0.6) is 5.75 Å². The van der Waals surface area contributed by atoms with Gasteiger partial charge in [0.15, 0.2) is 0 Å². The quantitative estimate of drug-likeness (QED) is 0.878. The van der Waals surface area contributed by atoms with Gasteiger partial charge >= 0.3 is 0 Å². The minimum absolute atomic E-state index is 0.250. The summed E-state index contributed by atoms with van der Waals surface area (Å²) in [6, 6.07) is 13.1. The fraction of sp³-hybridized carbons (Fsp3) is 0.0667. The van der Waals surface area contributed by atoms with Crippen LogP contribution in [0.1, 0.15) is 20.7 Å². The summed E-state index contributed by atoms with van der Waals surface area (Å²) in [7, 11) is 1.55. The van der Waals surface area contributed by atoms with Gasteiger partial charge in [-0.3, -0.25) is 14.3 Å². The number of rotatable bonds is 3. The molecule has 0 unspecified atom stereocenters. The van der Waals surface area contributed by atoms with Gasteiger partial charge in [-0.25, -0.2) is 0 Å². The molecule has 0 aromatic heterocycles. The summed E-state index contributed by atoms with van der Waals surface area (Å²) < 4.78 is 7.52. The average Bonchev–Trinajstić information content (AvgIpc) is 2.53. The van der Waals surface area contributed by atoms with Crippen molar-refractivity contribution in [2.24, 2.45) is 0 Å². The fourth-order valence-electron chi connectivity index (χ4n) is 1.54. The molecule has 0 saturated heterocycles. The van der Waals surface area contributed by atoms with E-state index in [0.717, 1.165) is 11.9 Å². The van der Waals surface area contributed by atoms with Gasteiger partial charge in [0.1, 0.15) is 5.75 Å². The lowest BCUT2D eigenvalue weighted by Crippen LogP contribution is -2.18. The molecule has 0 heterocycles. The largest absolute Gasteiger partial charge is 0.497 e. The predicted molar refractivity (Wildman–Crippen MR) is 83.8 cm³/mol. The fourth-order valence-corrected chi connectivity index (χ4v) is 2.22. The number of ether oxygens (including phenoxy) is 1. The van der Waals surface area contributed by atoms with E-state index in [1.807, 2.05) is 0 Å². The van der Waals surface area contributed by atoms with Gasteiger partial charge in [0.05, 0.1) is 7.11 Å². The molecule has 2 aromatic carbocycles. The second-order valence-electron chi connectivity index (χ2n) is 4.06. The smallest absolute Gasteiger partial charge is 0.261 e. The van der Waals surface area contributed by atoms with Gasteiger partial charge in [0.2, 0.25) is 5.12 Å². The first-order valence-corrected chi connectivity index (χ1v) is 7.21. The van der Waals surface area contributed by atoms with Crippen molar-refractivity contribution in [2.75, 3.05) is 7.11 Å². The summed E-state index contributed by atoms with van der Waals surface area (Å²) in [5, 5.41) is 0.300. The lowest BCUT2D eigenvalue weighted by Gasteiger charge is -2.04. The Labute approximate surface area is 131 Å². The topological polar surface area (TPSA) is 55.4 Å². The molecule has 0 aliphatic heterocycles. The number of nitrogens with one attached hydrogen (secondary N) is 1. The minimum atomic E-state index is -0.349. The van der Waals surface area contributed by atoms with Crippen LogP contribution in [0, 0.1) is 0 Å². The van der Waals surface area contributed by atoms with E-state index in [2.05, 4.69) is 4.72 Å². The Kier molecular flexibility index (Phi) is 5.25. The van der Waals surface area contributed by atoms with E-state index in [1.54, 1.807) is 55.6 Å². The highest BCUT2D eigenvalue weighted by Gasteiger charge is 2.11. The average molecular weight is 322 g/mol. The molecule has 2 rings (SSSR count). The molecule has 108 valence electrons. The van der Waals surface area contributed by atoms with E-state index in [9.17, 15) is 9.59 Å². The minimum Gasteiger partial charge on any atom is -0.497 e. The van der Waals surface area contributed by atoms with E-state index < -0.39 is 0 Å². The molecule has 0 fully saturated rings. The van der Waals surface area contributed by atoms with Crippen LogP contribution in [0.15, 0.2) is 48.5 Å². The van der Waals surface area contributed by atoms with Crippen molar-refractivity contribution in [2.45, 2.75) is 0 Å². The molecule has 1 amide bonds. The van der Waals surface area contributed by atoms with Crippen LogP contribution < -0.4 is 9.46 Å². The van der Waals surface area contributed by atoms with Crippen molar-refractivity contribution in [1.29, 1.82) is 0 Å².